The van der Waals surface area contributed by atoms with Gasteiger partial charge in [0.25, 0.3) is 5.69 Å². The van der Waals surface area contributed by atoms with Crippen molar-refractivity contribution in [2.45, 2.75) is 33.7 Å². The van der Waals surface area contributed by atoms with Crippen LogP contribution in [0.3, 0.4) is 0 Å². The third kappa shape index (κ3) is 8.16. The number of hydrogen-bond donors (Lipinski definition) is 2. The normalized spacial score (nSPS) is 11.0. The lowest BCUT2D eigenvalue weighted by molar-refractivity contribution is -0.384. The Bertz CT molecular complexity index is 475. The van der Waals surface area contributed by atoms with Gasteiger partial charge < -0.3 is 10.6 Å². The van der Waals surface area contributed by atoms with E-state index in [0.717, 1.165) is 31.0 Å². The van der Waals surface area contributed by atoms with Gasteiger partial charge in [0, 0.05) is 25.2 Å². The number of halogens is 1. The summed E-state index contributed by atoms with van der Waals surface area (Å²) in [6.45, 7) is 8.56. The van der Waals surface area contributed by atoms with Gasteiger partial charge in [-0.15, -0.1) is 24.0 Å². The van der Waals surface area contributed by atoms with Crippen LogP contribution in [0.1, 0.15) is 32.8 Å². The monoisotopic (exact) mass is 420 g/mol. The van der Waals surface area contributed by atoms with Crippen molar-refractivity contribution in [2.75, 3.05) is 13.1 Å². The molecule has 0 unspecified atom stereocenters. The maximum atomic E-state index is 10.6. The summed E-state index contributed by atoms with van der Waals surface area (Å²) in [4.78, 5) is 14.7. The molecule has 0 aliphatic heterocycles. The van der Waals surface area contributed by atoms with Gasteiger partial charge in [0.2, 0.25) is 0 Å². The van der Waals surface area contributed by atoms with Gasteiger partial charge in [-0.3, -0.25) is 10.1 Å². The van der Waals surface area contributed by atoms with E-state index in [-0.39, 0.29) is 29.7 Å². The summed E-state index contributed by atoms with van der Waals surface area (Å²) in [6, 6.07) is 6.48. The second-order valence-electron chi connectivity index (χ2n) is 5.23. The first-order valence-corrected chi connectivity index (χ1v) is 7.28. The Kier molecular flexibility index (Phi) is 10.5. The van der Waals surface area contributed by atoms with E-state index in [1.807, 2.05) is 6.92 Å². The highest BCUT2D eigenvalue weighted by Crippen LogP contribution is 2.12. The molecule has 6 nitrogen and oxygen atoms in total. The molecule has 1 rings (SSSR count). The fourth-order valence-corrected chi connectivity index (χ4v) is 1.71. The summed E-state index contributed by atoms with van der Waals surface area (Å²) in [7, 11) is 0. The van der Waals surface area contributed by atoms with Crippen LogP contribution in [-0.4, -0.2) is 24.0 Å². The predicted molar refractivity (Wildman–Crippen MR) is 101 cm³/mol. The summed E-state index contributed by atoms with van der Waals surface area (Å²) in [5.74, 6) is 1.42. The number of nitro groups is 1. The van der Waals surface area contributed by atoms with Crippen LogP contribution in [0.25, 0.3) is 0 Å². The molecule has 7 heteroatoms. The molecule has 124 valence electrons. The first-order chi connectivity index (χ1) is 10.0. The van der Waals surface area contributed by atoms with E-state index in [4.69, 9.17) is 0 Å². The maximum absolute atomic E-state index is 10.6. The van der Waals surface area contributed by atoms with Crippen molar-refractivity contribution in [3.05, 3.63) is 39.9 Å². The standard InChI is InChI=1S/C15H24N4O2.HI/c1-4-16-15(17-10-9-12(2)3)18-11-13-5-7-14(8-6-13)19(20)21;/h5-8,12H,4,9-11H2,1-3H3,(H2,16,17,18);1H. The number of hydrogen-bond acceptors (Lipinski definition) is 3. The van der Waals surface area contributed by atoms with Crippen LogP contribution in [0.5, 0.6) is 0 Å². The summed E-state index contributed by atoms with van der Waals surface area (Å²) < 4.78 is 0. The lowest BCUT2D eigenvalue weighted by Crippen LogP contribution is -2.38. The first-order valence-electron chi connectivity index (χ1n) is 7.28. The van der Waals surface area contributed by atoms with Crippen LogP contribution in [-0.2, 0) is 6.54 Å². The second kappa shape index (κ2) is 11.2. The third-order valence-electron chi connectivity index (χ3n) is 2.93. The minimum atomic E-state index is -0.398. The number of rotatable bonds is 7. The molecule has 2 N–H and O–H groups in total. The smallest absolute Gasteiger partial charge is 0.269 e. The van der Waals surface area contributed by atoms with Crippen molar-refractivity contribution in [3.63, 3.8) is 0 Å². The Morgan fingerprint density at radius 1 is 1.27 bits per heavy atom. The predicted octanol–water partition coefficient (Wildman–Crippen LogP) is 3.31. The Morgan fingerprint density at radius 3 is 2.41 bits per heavy atom. The molecule has 1 aromatic carbocycles. The second-order valence-corrected chi connectivity index (χ2v) is 5.23. The number of nitro benzene ring substituents is 1. The zero-order chi connectivity index (χ0) is 15.7. The van der Waals surface area contributed by atoms with Crippen LogP contribution in [0.2, 0.25) is 0 Å². The highest BCUT2D eigenvalue weighted by Gasteiger charge is 2.04. The van der Waals surface area contributed by atoms with Crippen molar-refractivity contribution in [2.24, 2.45) is 10.9 Å². The lowest BCUT2D eigenvalue weighted by Gasteiger charge is -2.12. The van der Waals surface area contributed by atoms with Gasteiger partial charge in [-0.1, -0.05) is 26.0 Å². The summed E-state index contributed by atoms with van der Waals surface area (Å²) >= 11 is 0. The van der Waals surface area contributed by atoms with Crippen molar-refractivity contribution in [1.29, 1.82) is 0 Å². The number of nitrogens with zero attached hydrogens (tertiary/aromatic N) is 2. The highest BCUT2D eigenvalue weighted by molar-refractivity contribution is 14.0. The maximum Gasteiger partial charge on any atom is 0.269 e. The van der Waals surface area contributed by atoms with Gasteiger partial charge in [-0.2, -0.15) is 0 Å². The molecule has 0 amide bonds. The van der Waals surface area contributed by atoms with E-state index in [1.165, 1.54) is 12.1 Å². The van der Waals surface area contributed by atoms with Gasteiger partial charge in [-0.05, 0) is 24.8 Å². The van der Waals surface area contributed by atoms with Crippen molar-refractivity contribution in [1.82, 2.24) is 10.6 Å². The van der Waals surface area contributed by atoms with E-state index in [9.17, 15) is 10.1 Å². The van der Waals surface area contributed by atoms with Gasteiger partial charge in [0.1, 0.15) is 0 Å². The van der Waals surface area contributed by atoms with Gasteiger partial charge in [0.05, 0.1) is 11.5 Å². The van der Waals surface area contributed by atoms with Crippen LogP contribution in [0.4, 0.5) is 5.69 Å². The van der Waals surface area contributed by atoms with Crippen molar-refractivity contribution < 1.29 is 4.92 Å². The fourth-order valence-electron chi connectivity index (χ4n) is 1.71. The number of non-ortho nitro benzene ring substituents is 1. The molecular formula is C15H25IN4O2. The summed E-state index contributed by atoms with van der Waals surface area (Å²) in [6.07, 6.45) is 1.09. The minimum absolute atomic E-state index is 0. The molecule has 0 saturated carbocycles. The van der Waals surface area contributed by atoms with E-state index >= 15 is 0 Å². The molecule has 0 aliphatic carbocycles. The lowest BCUT2D eigenvalue weighted by atomic mass is 10.1. The molecule has 0 fully saturated rings. The van der Waals surface area contributed by atoms with Crippen LogP contribution in [0, 0.1) is 16.0 Å². The first kappa shape index (κ1) is 20.6. The Balaban J connectivity index is 0.00000441. The molecule has 0 aromatic heterocycles. The average molecular weight is 420 g/mol. The van der Waals surface area contributed by atoms with Gasteiger partial charge >= 0.3 is 0 Å². The molecule has 0 atom stereocenters. The molecule has 0 spiro atoms. The Morgan fingerprint density at radius 2 is 1.91 bits per heavy atom. The van der Waals surface area contributed by atoms with Crippen LogP contribution >= 0.6 is 24.0 Å². The number of aliphatic imine (C=N–C) groups is 1. The summed E-state index contributed by atoms with van der Waals surface area (Å²) in [5.41, 5.74) is 1.05. The minimum Gasteiger partial charge on any atom is -0.357 e. The highest BCUT2D eigenvalue weighted by atomic mass is 127. The number of benzene rings is 1. The molecule has 22 heavy (non-hydrogen) atoms. The third-order valence-corrected chi connectivity index (χ3v) is 2.93. The van der Waals surface area contributed by atoms with Gasteiger partial charge in [-0.25, -0.2) is 4.99 Å². The Hall–Kier alpha value is -1.38. The van der Waals surface area contributed by atoms with E-state index in [2.05, 4.69) is 29.5 Å². The fraction of sp³-hybridized carbons (Fsp3) is 0.533. The molecular weight excluding hydrogens is 395 g/mol. The largest absolute Gasteiger partial charge is 0.357 e. The SMILES string of the molecule is CCNC(=NCc1ccc([N+](=O)[O-])cc1)NCCC(C)C.I. The zero-order valence-electron chi connectivity index (χ0n) is 13.3. The molecule has 1 aromatic rings. The Labute approximate surface area is 149 Å². The molecule has 0 heterocycles. The van der Waals surface area contributed by atoms with Crippen molar-refractivity contribution in [3.8, 4) is 0 Å². The van der Waals surface area contributed by atoms with Crippen LogP contribution in [0.15, 0.2) is 29.3 Å². The van der Waals surface area contributed by atoms with Crippen LogP contribution < -0.4 is 10.6 Å². The van der Waals surface area contributed by atoms with E-state index in [1.54, 1.807) is 12.1 Å². The summed E-state index contributed by atoms with van der Waals surface area (Å²) in [5, 5.41) is 17.1. The van der Waals surface area contributed by atoms with Crippen molar-refractivity contribution >= 4 is 35.6 Å². The number of nitrogens with one attached hydrogen (secondary N) is 2. The molecule has 0 bridgehead atoms. The number of guanidine groups is 1. The molecule has 0 radical (unpaired) electrons. The molecule has 0 aliphatic rings. The zero-order valence-corrected chi connectivity index (χ0v) is 15.7. The topological polar surface area (TPSA) is 79.6 Å². The molecule has 0 saturated heterocycles. The quantitative estimate of drug-likeness (QED) is 0.233. The average Bonchev–Trinajstić information content (AvgIpc) is 2.44. The van der Waals surface area contributed by atoms with E-state index in [0.29, 0.717) is 12.5 Å². The van der Waals surface area contributed by atoms with E-state index < -0.39 is 4.92 Å². The van der Waals surface area contributed by atoms with Gasteiger partial charge in [0.15, 0.2) is 5.96 Å².